The molecule has 0 spiro atoms. The molecule has 1 N–H and O–H groups in total. The molecule has 0 unspecified atom stereocenters. The zero-order valence-corrected chi connectivity index (χ0v) is 12.2. The van der Waals surface area contributed by atoms with E-state index in [9.17, 15) is 4.79 Å². The Balaban J connectivity index is 1.98. The molecule has 2 heterocycles. The largest absolute Gasteiger partial charge is 0.480 e. The molecule has 0 saturated heterocycles. The summed E-state index contributed by atoms with van der Waals surface area (Å²) in [4.78, 5) is 15.8. The average Bonchev–Trinajstić information content (AvgIpc) is 2.64. The number of aromatic nitrogens is 3. The molecule has 20 heavy (non-hydrogen) atoms. The van der Waals surface area contributed by atoms with Crippen molar-refractivity contribution in [2.75, 3.05) is 11.9 Å². The molecule has 0 atom stereocenters. The SMILES string of the molecule is Cc1nn(C)c(C)c1OCC(=O)Nc1ncccc1Cl. The van der Waals surface area contributed by atoms with Crippen LogP contribution in [0, 0.1) is 13.8 Å². The number of ether oxygens (including phenoxy) is 1. The molecular weight excluding hydrogens is 280 g/mol. The molecule has 0 aliphatic rings. The first-order valence-corrected chi connectivity index (χ1v) is 6.40. The van der Waals surface area contributed by atoms with Gasteiger partial charge in [0.1, 0.15) is 5.69 Å². The average molecular weight is 295 g/mol. The Kier molecular flexibility index (Phi) is 4.24. The zero-order valence-electron chi connectivity index (χ0n) is 11.5. The van der Waals surface area contributed by atoms with Crippen molar-refractivity contribution in [3.05, 3.63) is 34.7 Å². The summed E-state index contributed by atoms with van der Waals surface area (Å²) < 4.78 is 7.20. The van der Waals surface area contributed by atoms with E-state index in [-0.39, 0.29) is 12.5 Å². The number of carbonyl (C=O) groups is 1. The lowest BCUT2D eigenvalue weighted by Gasteiger charge is -2.08. The molecule has 7 heteroatoms. The number of hydrogen-bond donors (Lipinski definition) is 1. The number of nitrogens with zero attached hydrogens (tertiary/aromatic N) is 3. The highest BCUT2D eigenvalue weighted by Gasteiger charge is 2.13. The zero-order chi connectivity index (χ0) is 14.7. The molecule has 106 valence electrons. The van der Waals surface area contributed by atoms with Crippen LogP contribution in [0.1, 0.15) is 11.4 Å². The predicted octanol–water partition coefficient (Wildman–Crippen LogP) is 2.10. The van der Waals surface area contributed by atoms with Gasteiger partial charge in [-0.25, -0.2) is 4.98 Å². The van der Waals surface area contributed by atoms with Gasteiger partial charge >= 0.3 is 0 Å². The number of rotatable bonds is 4. The first kappa shape index (κ1) is 14.3. The van der Waals surface area contributed by atoms with Crippen LogP contribution in [-0.4, -0.2) is 27.3 Å². The van der Waals surface area contributed by atoms with Gasteiger partial charge in [-0.1, -0.05) is 11.6 Å². The van der Waals surface area contributed by atoms with Crippen molar-refractivity contribution in [2.24, 2.45) is 7.05 Å². The Bertz CT molecular complexity index is 639. The molecule has 0 aliphatic carbocycles. The molecule has 6 nitrogen and oxygen atoms in total. The summed E-state index contributed by atoms with van der Waals surface area (Å²) in [6, 6.07) is 3.34. The van der Waals surface area contributed by atoms with E-state index in [0.717, 1.165) is 11.4 Å². The third-order valence-electron chi connectivity index (χ3n) is 2.81. The lowest BCUT2D eigenvalue weighted by molar-refractivity contribution is -0.118. The minimum absolute atomic E-state index is 0.125. The smallest absolute Gasteiger partial charge is 0.263 e. The lowest BCUT2D eigenvalue weighted by Crippen LogP contribution is -2.21. The summed E-state index contributed by atoms with van der Waals surface area (Å²) in [5.41, 5.74) is 1.61. The molecule has 2 rings (SSSR count). The van der Waals surface area contributed by atoms with Crippen LogP contribution in [0.2, 0.25) is 5.02 Å². The standard InChI is InChI=1S/C13H15ClN4O2/c1-8-12(9(2)18(3)17-8)20-7-11(19)16-13-10(14)5-4-6-15-13/h4-6H,7H2,1-3H3,(H,15,16,19). The maximum absolute atomic E-state index is 11.8. The van der Waals surface area contributed by atoms with Crippen LogP contribution >= 0.6 is 11.6 Å². The van der Waals surface area contributed by atoms with Gasteiger partial charge < -0.3 is 10.1 Å². The molecule has 2 aromatic heterocycles. The highest BCUT2D eigenvalue weighted by molar-refractivity contribution is 6.33. The monoisotopic (exact) mass is 294 g/mol. The fourth-order valence-corrected chi connectivity index (χ4v) is 1.92. The van der Waals surface area contributed by atoms with Crippen molar-refractivity contribution >= 4 is 23.3 Å². The number of hydrogen-bond acceptors (Lipinski definition) is 4. The van der Waals surface area contributed by atoms with E-state index in [4.69, 9.17) is 16.3 Å². The van der Waals surface area contributed by atoms with E-state index in [1.807, 2.05) is 20.9 Å². The van der Waals surface area contributed by atoms with Crippen LogP contribution in [0.15, 0.2) is 18.3 Å². The summed E-state index contributed by atoms with van der Waals surface area (Å²) in [5, 5.41) is 7.19. The molecule has 0 aliphatic heterocycles. The van der Waals surface area contributed by atoms with E-state index in [0.29, 0.717) is 16.6 Å². The number of aryl methyl sites for hydroxylation is 2. The maximum atomic E-state index is 11.8. The van der Waals surface area contributed by atoms with Crippen LogP contribution < -0.4 is 10.1 Å². The molecule has 0 fully saturated rings. The first-order valence-electron chi connectivity index (χ1n) is 6.02. The normalized spacial score (nSPS) is 10.4. The van der Waals surface area contributed by atoms with Gasteiger partial charge in [-0.2, -0.15) is 5.10 Å². The Labute approximate surface area is 121 Å². The van der Waals surface area contributed by atoms with Gasteiger partial charge in [0.15, 0.2) is 18.2 Å². The van der Waals surface area contributed by atoms with E-state index in [2.05, 4.69) is 15.4 Å². The van der Waals surface area contributed by atoms with E-state index >= 15 is 0 Å². The predicted molar refractivity (Wildman–Crippen MR) is 76.1 cm³/mol. The van der Waals surface area contributed by atoms with E-state index < -0.39 is 0 Å². The fourth-order valence-electron chi connectivity index (χ4n) is 1.75. The van der Waals surface area contributed by atoms with E-state index in [1.165, 1.54) is 0 Å². The Morgan fingerprint density at radius 3 is 2.85 bits per heavy atom. The second kappa shape index (κ2) is 5.92. The number of pyridine rings is 1. The lowest BCUT2D eigenvalue weighted by atomic mass is 10.3. The summed E-state index contributed by atoms with van der Waals surface area (Å²) in [6.45, 7) is 3.58. The quantitative estimate of drug-likeness (QED) is 0.937. The molecule has 0 saturated carbocycles. The highest BCUT2D eigenvalue weighted by atomic mass is 35.5. The van der Waals surface area contributed by atoms with E-state index in [1.54, 1.807) is 23.0 Å². The summed E-state index contributed by atoms with van der Waals surface area (Å²) in [6.07, 6.45) is 1.55. The Morgan fingerprint density at radius 1 is 1.50 bits per heavy atom. The number of amides is 1. The van der Waals surface area contributed by atoms with Gasteiger partial charge in [-0.3, -0.25) is 9.48 Å². The Hall–Kier alpha value is -2.08. The van der Waals surface area contributed by atoms with Crippen molar-refractivity contribution in [1.82, 2.24) is 14.8 Å². The van der Waals surface area contributed by atoms with Crippen molar-refractivity contribution in [2.45, 2.75) is 13.8 Å². The summed E-state index contributed by atoms with van der Waals surface area (Å²) in [5.74, 6) is 0.616. The molecule has 0 bridgehead atoms. The minimum atomic E-state index is -0.326. The van der Waals surface area contributed by atoms with Crippen LogP contribution in [0.4, 0.5) is 5.82 Å². The Morgan fingerprint density at radius 2 is 2.25 bits per heavy atom. The number of anilines is 1. The van der Waals surface area contributed by atoms with Gasteiger partial charge in [0.25, 0.3) is 5.91 Å². The van der Waals surface area contributed by atoms with Crippen LogP contribution in [0.25, 0.3) is 0 Å². The van der Waals surface area contributed by atoms with Crippen LogP contribution in [0.3, 0.4) is 0 Å². The van der Waals surface area contributed by atoms with Crippen LogP contribution in [0.5, 0.6) is 5.75 Å². The van der Waals surface area contributed by atoms with Gasteiger partial charge in [0.05, 0.1) is 10.7 Å². The molecule has 2 aromatic rings. The third-order valence-corrected chi connectivity index (χ3v) is 3.11. The van der Waals surface area contributed by atoms with Crippen molar-refractivity contribution in [3.8, 4) is 5.75 Å². The topological polar surface area (TPSA) is 69.0 Å². The molecule has 0 radical (unpaired) electrons. The van der Waals surface area contributed by atoms with Crippen molar-refractivity contribution in [1.29, 1.82) is 0 Å². The number of halogens is 1. The molecule has 1 amide bonds. The summed E-state index contributed by atoms with van der Waals surface area (Å²) in [7, 11) is 1.82. The van der Waals surface area contributed by atoms with Gasteiger partial charge in [0, 0.05) is 13.2 Å². The second-order valence-corrected chi connectivity index (χ2v) is 4.70. The first-order chi connectivity index (χ1) is 9.49. The molecular formula is C13H15ClN4O2. The summed E-state index contributed by atoms with van der Waals surface area (Å²) >= 11 is 5.91. The number of carbonyl (C=O) groups excluding carboxylic acids is 1. The number of nitrogens with one attached hydrogen (secondary N) is 1. The van der Waals surface area contributed by atoms with Gasteiger partial charge in [-0.15, -0.1) is 0 Å². The second-order valence-electron chi connectivity index (χ2n) is 4.29. The van der Waals surface area contributed by atoms with Crippen molar-refractivity contribution < 1.29 is 9.53 Å². The van der Waals surface area contributed by atoms with Crippen LogP contribution in [-0.2, 0) is 11.8 Å². The maximum Gasteiger partial charge on any atom is 0.263 e. The van der Waals surface area contributed by atoms with Crippen molar-refractivity contribution in [3.63, 3.8) is 0 Å². The van der Waals surface area contributed by atoms with Gasteiger partial charge in [-0.05, 0) is 26.0 Å². The molecule has 0 aromatic carbocycles. The fraction of sp³-hybridized carbons (Fsp3) is 0.308. The minimum Gasteiger partial charge on any atom is -0.480 e. The van der Waals surface area contributed by atoms with Gasteiger partial charge in [0.2, 0.25) is 0 Å². The third kappa shape index (κ3) is 3.08. The highest BCUT2D eigenvalue weighted by Crippen LogP contribution is 2.21.